The average molecular weight is 544 g/mol. The maximum Gasteiger partial charge on any atom is 0.490 e. The minimum atomic E-state index is -5.71. The van der Waals surface area contributed by atoms with Crippen LogP contribution in [0.1, 0.15) is 31.1 Å². The van der Waals surface area contributed by atoms with Crippen molar-refractivity contribution in [2.75, 3.05) is 6.61 Å². The number of terminal acetylenes is 1. The van der Waals surface area contributed by atoms with Crippen LogP contribution in [0.2, 0.25) is 0 Å². The van der Waals surface area contributed by atoms with Crippen molar-refractivity contribution in [2.45, 2.75) is 37.7 Å². The van der Waals surface area contributed by atoms with Crippen molar-refractivity contribution >= 4 is 23.5 Å². The largest absolute Gasteiger partial charge is 0.490 e. The number of hydrogen-bond acceptors (Lipinski definition) is 10. The van der Waals surface area contributed by atoms with Crippen molar-refractivity contribution in [3.05, 3.63) is 32.6 Å². The molecule has 1 aromatic rings. The maximum atomic E-state index is 12.2. The smallest absolute Gasteiger partial charge is 0.390 e. The lowest BCUT2D eigenvalue weighted by atomic mass is 10.2. The van der Waals surface area contributed by atoms with Crippen LogP contribution in [0.3, 0.4) is 0 Å². The first-order valence-corrected chi connectivity index (χ1v) is 13.5. The van der Waals surface area contributed by atoms with Crippen molar-refractivity contribution in [3.63, 3.8) is 0 Å². The second-order valence-corrected chi connectivity index (χ2v) is 11.0. The van der Waals surface area contributed by atoms with E-state index in [0.29, 0.717) is 12.8 Å². The highest BCUT2D eigenvalue weighted by Gasteiger charge is 2.43. The Bertz CT molecular complexity index is 1260. The molecular weight excluding hydrogens is 525 g/mol. The highest BCUT2D eigenvalue weighted by Crippen LogP contribution is 2.66. The van der Waals surface area contributed by atoms with Crippen molar-refractivity contribution in [3.8, 4) is 24.2 Å². The third-order valence-corrected chi connectivity index (χ3v) is 7.72. The number of phosphoric ester groups is 1. The molecule has 2 rings (SSSR count). The minimum Gasteiger partial charge on any atom is -0.390 e. The second kappa shape index (κ2) is 11.2. The molecule has 0 amide bonds. The Hall–Kier alpha value is -1.87. The first kappa shape index (κ1) is 28.4. The van der Waals surface area contributed by atoms with E-state index in [2.05, 4.69) is 30.9 Å². The van der Waals surface area contributed by atoms with Gasteiger partial charge in [0.05, 0.1) is 12.7 Å². The molecule has 5 atom stereocenters. The summed E-state index contributed by atoms with van der Waals surface area (Å²) in [4.78, 5) is 61.7. The molecular formula is C15H19N2O14P3. The standard InChI is InChI=1S/C15H19N2O14P3/c1-2-3-4-5-6-10-8-17(15(20)16-14(10)19)13-7-11(18)12(29-13)9-28-33(24,25)31-34(26,27)30-32(21,22)23/h1,8,11-13,18H,3-4,7,9H2,(H,24,25)(H,26,27)(H,16,19,20)(H2,21,22,23)/t11-,12+,13+/m0/s1. The molecule has 2 unspecified atom stereocenters. The lowest BCUT2D eigenvalue weighted by molar-refractivity contribution is -0.0450. The molecule has 1 saturated heterocycles. The van der Waals surface area contributed by atoms with Gasteiger partial charge in [0.2, 0.25) is 0 Å². The summed E-state index contributed by atoms with van der Waals surface area (Å²) >= 11 is 0. The number of aliphatic hydroxyl groups excluding tert-OH is 1. The lowest BCUT2D eigenvalue weighted by Crippen LogP contribution is -2.33. The normalized spacial score (nSPS) is 23.8. The number of aliphatic hydroxyl groups is 1. The van der Waals surface area contributed by atoms with Gasteiger partial charge in [-0.25, -0.2) is 18.5 Å². The zero-order valence-corrected chi connectivity index (χ0v) is 19.6. The van der Waals surface area contributed by atoms with Crippen molar-refractivity contribution in [2.24, 2.45) is 0 Å². The molecule has 1 aromatic heterocycles. The SMILES string of the molecule is C#CCCC#Cc1cn([C@H]2C[C@H](O)[C@@H](COP(=O)(O)OP(=O)(O)OP(=O)(O)O)O2)c(=O)[nH]c1=O. The number of aromatic amines is 1. The molecule has 0 aliphatic carbocycles. The van der Waals surface area contributed by atoms with E-state index in [1.807, 2.05) is 4.98 Å². The number of unbranched alkanes of at least 4 members (excludes halogenated alkanes) is 1. The van der Waals surface area contributed by atoms with Gasteiger partial charge in [-0.05, 0) is 0 Å². The molecule has 6 N–H and O–H groups in total. The number of nitrogens with one attached hydrogen (secondary N) is 1. The zero-order chi connectivity index (χ0) is 25.7. The second-order valence-electron chi connectivity index (χ2n) is 6.53. The van der Waals surface area contributed by atoms with Crippen LogP contribution in [0.15, 0.2) is 15.8 Å². The van der Waals surface area contributed by atoms with Crippen molar-refractivity contribution in [1.82, 2.24) is 9.55 Å². The first-order chi connectivity index (χ1) is 15.6. The fourth-order valence-corrected chi connectivity index (χ4v) is 5.62. The third-order valence-electron chi connectivity index (χ3n) is 3.92. The number of rotatable bonds is 9. The van der Waals surface area contributed by atoms with E-state index >= 15 is 0 Å². The van der Waals surface area contributed by atoms with Gasteiger partial charge in [-0.2, -0.15) is 8.62 Å². The topological polar surface area (TPSA) is 244 Å². The fourth-order valence-electron chi connectivity index (χ4n) is 2.59. The Balaban J connectivity index is 2.09. The Morgan fingerprint density at radius 1 is 1.15 bits per heavy atom. The van der Waals surface area contributed by atoms with Gasteiger partial charge in [0, 0.05) is 25.5 Å². The van der Waals surface area contributed by atoms with Crippen LogP contribution in [0.5, 0.6) is 0 Å². The molecule has 34 heavy (non-hydrogen) atoms. The van der Waals surface area contributed by atoms with Gasteiger partial charge in [0.15, 0.2) is 0 Å². The van der Waals surface area contributed by atoms with Crippen LogP contribution in [-0.4, -0.2) is 53.0 Å². The van der Waals surface area contributed by atoms with Gasteiger partial charge < -0.3 is 29.4 Å². The van der Waals surface area contributed by atoms with E-state index in [0.717, 1.165) is 10.8 Å². The van der Waals surface area contributed by atoms with Gasteiger partial charge in [-0.3, -0.25) is 18.9 Å². The van der Waals surface area contributed by atoms with Crippen LogP contribution in [-0.2, 0) is 31.6 Å². The molecule has 16 nitrogen and oxygen atoms in total. The minimum absolute atomic E-state index is 0.0913. The molecule has 2 heterocycles. The maximum absolute atomic E-state index is 12.2. The van der Waals surface area contributed by atoms with Gasteiger partial charge >= 0.3 is 29.2 Å². The number of ether oxygens (including phenoxy) is 1. The predicted molar refractivity (Wildman–Crippen MR) is 111 cm³/mol. The van der Waals surface area contributed by atoms with Gasteiger partial charge in [-0.15, -0.1) is 12.3 Å². The first-order valence-electron chi connectivity index (χ1n) is 9.02. The monoisotopic (exact) mass is 544 g/mol. The number of H-pyrrole nitrogens is 1. The van der Waals surface area contributed by atoms with Crippen LogP contribution < -0.4 is 11.2 Å². The van der Waals surface area contributed by atoms with Crippen LogP contribution in [0.4, 0.5) is 0 Å². The Morgan fingerprint density at radius 2 is 1.82 bits per heavy atom. The predicted octanol–water partition coefficient (Wildman–Crippen LogP) is -0.707. The summed E-state index contributed by atoms with van der Waals surface area (Å²) in [5, 5.41) is 10.1. The van der Waals surface area contributed by atoms with E-state index in [4.69, 9.17) is 25.8 Å². The summed E-state index contributed by atoms with van der Waals surface area (Å²) in [5.74, 6) is 7.57. The fraction of sp³-hybridized carbons (Fsp3) is 0.467. The molecule has 0 bridgehead atoms. The molecule has 19 heteroatoms. The van der Waals surface area contributed by atoms with Crippen molar-refractivity contribution in [1.29, 1.82) is 0 Å². The van der Waals surface area contributed by atoms with Crippen molar-refractivity contribution < 1.29 is 56.3 Å². The summed E-state index contributed by atoms with van der Waals surface area (Å²) in [6.45, 7) is -0.918. The van der Waals surface area contributed by atoms with Crippen LogP contribution in [0, 0.1) is 24.2 Å². The third kappa shape index (κ3) is 8.73. The molecule has 1 aliphatic heterocycles. The zero-order valence-electron chi connectivity index (χ0n) is 16.9. The van der Waals surface area contributed by atoms with Gasteiger partial charge in [0.1, 0.15) is 17.9 Å². The van der Waals surface area contributed by atoms with E-state index in [-0.39, 0.29) is 12.0 Å². The average Bonchev–Trinajstić information content (AvgIpc) is 3.02. The number of aromatic nitrogens is 2. The number of phosphoric acid groups is 3. The summed E-state index contributed by atoms with van der Waals surface area (Å²) in [6, 6.07) is 0. The molecule has 1 fully saturated rings. The summed E-state index contributed by atoms with van der Waals surface area (Å²) in [6.07, 6.45) is 2.71. The Kier molecular flexibility index (Phi) is 9.38. The Labute approximate surface area is 190 Å². The van der Waals surface area contributed by atoms with E-state index in [9.17, 15) is 33.3 Å². The summed E-state index contributed by atoms with van der Waals surface area (Å²) in [7, 11) is -16.7. The molecule has 0 saturated carbocycles. The van der Waals surface area contributed by atoms with Gasteiger partial charge in [-0.1, -0.05) is 11.8 Å². The molecule has 0 aromatic carbocycles. The molecule has 0 spiro atoms. The summed E-state index contributed by atoms with van der Waals surface area (Å²) < 4.78 is 51.6. The number of hydrogen-bond donors (Lipinski definition) is 6. The quantitative estimate of drug-likeness (QED) is 0.128. The Morgan fingerprint density at radius 3 is 2.44 bits per heavy atom. The highest BCUT2D eigenvalue weighted by atomic mass is 31.3. The molecule has 188 valence electrons. The molecule has 0 radical (unpaired) electrons. The van der Waals surface area contributed by atoms with E-state index in [1.165, 1.54) is 0 Å². The van der Waals surface area contributed by atoms with Gasteiger partial charge in [0.25, 0.3) is 5.56 Å². The van der Waals surface area contributed by atoms with E-state index in [1.54, 1.807) is 0 Å². The van der Waals surface area contributed by atoms with E-state index < -0.39 is 59.8 Å². The number of nitrogens with zero attached hydrogens (tertiary/aromatic N) is 1. The highest BCUT2D eigenvalue weighted by molar-refractivity contribution is 7.66. The van der Waals surface area contributed by atoms with Crippen LogP contribution >= 0.6 is 23.5 Å². The molecule has 1 aliphatic rings. The lowest BCUT2D eigenvalue weighted by Gasteiger charge is -2.19. The van der Waals surface area contributed by atoms with Crippen LogP contribution in [0.25, 0.3) is 0 Å². The summed E-state index contributed by atoms with van der Waals surface area (Å²) in [5.41, 5.74) is -1.76.